The van der Waals surface area contributed by atoms with Crippen molar-refractivity contribution >= 4 is 5.69 Å². The molecule has 0 bridgehead atoms. The molecule has 2 nitrogen and oxygen atoms in total. The Labute approximate surface area is 99.2 Å². The van der Waals surface area contributed by atoms with Crippen molar-refractivity contribution in [3.8, 4) is 0 Å². The van der Waals surface area contributed by atoms with Crippen LogP contribution < -0.4 is 4.90 Å². The van der Waals surface area contributed by atoms with Crippen LogP contribution in [0.15, 0.2) is 30.3 Å². The van der Waals surface area contributed by atoms with E-state index in [2.05, 4.69) is 49.1 Å². The van der Waals surface area contributed by atoms with Gasteiger partial charge in [0.25, 0.3) is 0 Å². The predicted molar refractivity (Wildman–Crippen MR) is 70.0 cm³/mol. The van der Waals surface area contributed by atoms with E-state index in [1.54, 1.807) is 0 Å². The van der Waals surface area contributed by atoms with Crippen LogP contribution >= 0.6 is 0 Å². The van der Waals surface area contributed by atoms with Gasteiger partial charge in [0.05, 0.1) is 12.2 Å². The Morgan fingerprint density at radius 3 is 2.00 bits per heavy atom. The molecule has 1 aromatic carbocycles. The minimum Gasteiger partial charge on any atom is -0.372 e. The molecule has 1 aromatic rings. The lowest BCUT2D eigenvalue weighted by Gasteiger charge is -2.36. The first-order valence-electron chi connectivity index (χ1n) is 6.21. The van der Waals surface area contributed by atoms with E-state index in [1.807, 2.05) is 13.8 Å². The fourth-order valence-corrected chi connectivity index (χ4v) is 2.03. The van der Waals surface area contributed by atoms with Gasteiger partial charge >= 0.3 is 0 Å². The van der Waals surface area contributed by atoms with E-state index in [0.717, 1.165) is 13.1 Å². The van der Waals surface area contributed by atoms with Crippen molar-refractivity contribution in [2.45, 2.75) is 39.9 Å². The molecule has 2 heteroatoms. The summed E-state index contributed by atoms with van der Waals surface area (Å²) in [5.41, 5.74) is 1.30. The van der Waals surface area contributed by atoms with E-state index in [4.69, 9.17) is 4.74 Å². The first-order chi connectivity index (χ1) is 7.75. The van der Waals surface area contributed by atoms with Gasteiger partial charge in [0.2, 0.25) is 0 Å². The lowest BCUT2D eigenvalue weighted by Crippen LogP contribution is -2.45. The smallest absolute Gasteiger partial charge is 0.0726 e. The number of benzene rings is 1. The van der Waals surface area contributed by atoms with Crippen molar-refractivity contribution in [2.24, 2.45) is 0 Å². The summed E-state index contributed by atoms with van der Waals surface area (Å²) in [7, 11) is 0. The molecule has 16 heavy (non-hydrogen) atoms. The average molecular weight is 221 g/mol. The molecule has 0 amide bonds. The molecule has 2 rings (SSSR count). The van der Waals surface area contributed by atoms with Crippen LogP contribution in [0.2, 0.25) is 0 Å². The maximum absolute atomic E-state index is 5.70. The molecule has 90 valence electrons. The molecule has 0 aliphatic carbocycles. The quantitative estimate of drug-likeness (QED) is 0.721. The van der Waals surface area contributed by atoms with E-state index in [1.165, 1.54) is 5.69 Å². The van der Waals surface area contributed by atoms with Gasteiger partial charge in [-0.1, -0.05) is 32.0 Å². The highest BCUT2D eigenvalue weighted by molar-refractivity contribution is 5.46. The average Bonchev–Trinajstić information content (AvgIpc) is 2.32. The van der Waals surface area contributed by atoms with Crippen molar-refractivity contribution in [1.82, 2.24) is 0 Å². The van der Waals surface area contributed by atoms with E-state index in [9.17, 15) is 0 Å². The summed E-state index contributed by atoms with van der Waals surface area (Å²) in [5, 5.41) is 0. The summed E-state index contributed by atoms with van der Waals surface area (Å²) in [6.45, 7) is 10.2. The van der Waals surface area contributed by atoms with Crippen LogP contribution in [0, 0.1) is 0 Å². The van der Waals surface area contributed by atoms with Gasteiger partial charge in [-0.05, 0) is 26.0 Å². The van der Waals surface area contributed by atoms with Gasteiger partial charge < -0.3 is 9.64 Å². The van der Waals surface area contributed by atoms with Crippen LogP contribution in [-0.2, 0) is 4.74 Å². The number of nitrogens with zero attached hydrogens (tertiary/aromatic N) is 1. The molecule has 1 aliphatic heterocycles. The van der Waals surface area contributed by atoms with Crippen LogP contribution in [0.25, 0.3) is 0 Å². The van der Waals surface area contributed by atoms with Crippen molar-refractivity contribution in [2.75, 3.05) is 18.0 Å². The molecule has 0 N–H and O–H groups in total. The lowest BCUT2D eigenvalue weighted by atomic mass is 10.2. The van der Waals surface area contributed by atoms with Crippen LogP contribution in [0.3, 0.4) is 0 Å². The molecular weight excluding hydrogens is 198 g/mol. The van der Waals surface area contributed by atoms with Gasteiger partial charge in [-0.15, -0.1) is 0 Å². The zero-order valence-electron chi connectivity index (χ0n) is 10.8. The van der Waals surface area contributed by atoms with Crippen LogP contribution in [0.5, 0.6) is 0 Å². The van der Waals surface area contributed by atoms with Gasteiger partial charge in [-0.3, -0.25) is 0 Å². The summed E-state index contributed by atoms with van der Waals surface area (Å²) in [6.07, 6.45) is 0.665. The molecule has 0 spiro atoms. The summed E-state index contributed by atoms with van der Waals surface area (Å²) in [6, 6.07) is 10.5. The first kappa shape index (κ1) is 13.0. The number of ether oxygens (including phenoxy) is 1. The number of morpholine rings is 1. The largest absolute Gasteiger partial charge is 0.372 e. The van der Waals surface area contributed by atoms with Gasteiger partial charge in [0.15, 0.2) is 0 Å². The Morgan fingerprint density at radius 1 is 1.00 bits per heavy atom. The van der Waals surface area contributed by atoms with Crippen LogP contribution in [0.4, 0.5) is 5.69 Å². The van der Waals surface area contributed by atoms with E-state index >= 15 is 0 Å². The van der Waals surface area contributed by atoms with Gasteiger partial charge in [-0.25, -0.2) is 0 Å². The van der Waals surface area contributed by atoms with Crippen molar-refractivity contribution in [1.29, 1.82) is 0 Å². The fraction of sp³-hybridized carbons (Fsp3) is 0.571. The second-order valence-electron chi connectivity index (χ2n) is 4.00. The second-order valence-corrected chi connectivity index (χ2v) is 4.00. The highest BCUT2D eigenvalue weighted by Gasteiger charge is 2.21. The van der Waals surface area contributed by atoms with Crippen molar-refractivity contribution < 1.29 is 4.74 Å². The fourth-order valence-electron chi connectivity index (χ4n) is 2.03. The highest BCUT2D eigenvalue weighted by atomic mass is 16.5. The molecule has 0 saturated carbocycles. The predicted octanol–water partition coefficient (Wildman–Crippen LogP) is 3.33. The van der Waals surface area contributed by atoms with Crippen LogP contribution in [-0.4, -0.2) is 25.3 Å². The molecule has 0 aromatic heterocycles. The molecule has 0 unspecified atom stereocenters. The molecule has 0 radical (unpaired) electrons. The summed E-state index contributed by atoms with van der Waals surface area (Å²) < 4.78 is 5.70. The van der Waals surface area contributed by atoms with E-state index in [-0.39, 0.29) is 0 Å². The molecule has 1 fully saturated rings. The van der Waals surface area contributed by atoms with Gasteiger partial charge in [0, 0.05) is 18.8 Å². The maximum Gasteiger partial charge on any atom is 0.0726 e. The zero-order valence-corrected chi connectivity index (χ0v) is 10.8. The summed E-state index contributed by atoms with van der Waals surface area (Å²) in [4.78, 5) is 2.39. The third-order valence-electron chi connectivity index (χ3n) is 2.54. The third-order valence-corrected chi connectivity index (χ3v) is 2.54. The minimum atomic E-state index is 0.332. The Bertz CT molecular complexity index is 276. The van der Waals surface area contributed by atoms with E-state index in [0.29, 0.717) is 12.2 Å². The van der Waals surface area contributed by atoms with Crippen molar-refractivity contribution in [3.05, 3.63) is 30.3 Å². The maximum atomic E-state index is 5.70. The number of hydrogen-bond acceptors (Lipinski definition) is 2. The Morgan fingerprint density at radius 2 is 1.50 bits per heavy atom. The topological polar surface area (TPSA) is 12.5 Å². The number of anilines is 1. The minimum absolute atomic E-state index is 0.332. The lowest BCUT2D eigenvalue weighted by molar-refractivity contribution is -0.00521. The summed E-state index contributed by atoms with van der Waals surface area (Å²) >= 11 is 0. The molecule has 2 atom stereocenters. The molecule has 1 heterocycles. The second kappa shape index (κ2) is 6.54. The standard InChI is InChI=1S/C12H17NO.C2H6/c1-10-8-13(9-11(2)14-10)12-6-4-3-5-7-12;1-2/h3-7,10-11H,8-9H2,1-2H3;1-2H3/t10-,11+;. The Hall–Kier alpha value is -1.02. The van der Waals surface area contributed by atoms with Crippen molar-refractivity contribution in [3.63, 3.8) is 0 Å². The first-order valence-corrected chi connectivity index (χ1v) is 6.21. The Kier molecular flexibility index (Phi) is 5.33. The molecular formula is C14H23NO. The number of rotatable bonds is 1. The van der Waals surface area contributed by atoms with Crippen LogP contribution in [0.1, 0.15) is 27.7 Å². The van der Waals surface area contributed by atoms with Gasteiger partial charge in [0.1, 0.15) is 0 Å². The number of hydrogen-bond donors (Lipinski definition) is 0. The monoisotopic (exact) mass is 221 g/mol. The summed E-state index contributed by atoms with van der Waals surface area (Å²) in [5.74, 6) is 0. The highest BCUT2D eigenvalue weighted by Crippen LogP contribution is 2.19. The SMILES string of the molecule is CC.C[C@@H]1CN(c2ccccc2)C[C@H](C)O1. The molecule has 1 aliphatic rings. The third kappa shape index (κ3) is 3.53. The normalized spacial score (nSPS) is 24.6. The van der Waals surface area contributed by atoms with Gasteiger partial charge in [-0.2, -0.15) is 0 Å². The number of para-hydroxylation sites is 1. The molecule has 1 saturated heterocycles. The van der Waals surface area contributed by atoms with E-state index < -0.39 is 0 Å². The zero-order chi connectivity index (χ0) is 12.0. The Balaban J connectivity index is 0.000000606.